The van der Waals surface area contributed by atoms with Gasteiger partial charge >= 0.3 is 0 Å². The standard InChI is InChI=1S/C24H26N2O4S/c1-16-5-11-21(12-6-16)31(28)15-22-17(2)30-24(26-22)19-9-7-18(8-10-19)23(27)25-14-20-4-3-13-29-20/h5-12,20H,3-4,13-15H2,1-2H3,(H,25,27). The maximum Gasteiger partial charge on any atom is 0.251 e. The van der Waals surface area contributed by atoms with Crippen molar-refractivity contribution in [2.24, 2.45) is 0 Å². The van der Waals surface area contributed by atoms with Crippen molar-refractivity contribution >= 4 is 16.7 Å². The summed E-state index contributed by atoms with van der Waals surface area (Å²) in [5, 5.41) is 2.92. The molecule has 2 unspecified atom stereocenters. The Kier molecular flexibility index (Phi) is 6.63. The van der Waals surface area contributed by atoms with Gasteiger partial charge in [0.05, 0.1) is 28.4 Å². The highest BCUT2D eigenvalue weighted by molar-refractivity contribution is 7.84. The normalized spacial score (nSPS) is 16.9. The Morgan fingerprint density at radius 2 is 1.87 bits per heavy atom. The lowest BCUT2D eigenvalue weighted by Crippen LogP contribution is -2.31. The molecule has 2 heterocycles. The minimum atomic E-state index is -1.20. The van der Waals surface area contributed by atoms with Crippen LogP contribution in [0.25, 0.3) is 11.5 Å². The summed E-state index contributed by atoms with van der Waals surface area (Å²) in [5.41, 5.74) is 3.15. The van der Waals surface area contributed by atoms with Gasteiger partial charge in [0.2, 0.25) is 5.89 Å². The van der Waals surface area contributed by atoms with E-state index in [9.17, 15) is 9.00 Å². The molecule has 2 aromatic carbocycles. The number of nitrogens with one attached hydrogen (secondary N) is 1. The number of carbonyl (C=O) groups excluding carboxylic acids is 1. The fourth-order valence-electron chi connectivity index (χ4n) is 3.46. The van der Waals surface area contributed by atoms with E-state index in [0.29, 0.717) is 35.2 Å². The highest BCUT2D eigenvalue weighted by Gasteiger charge is 2.18. The van der Waals surface area contributed by atoms with Crippen molar-refractivity contribution < 1.29 is 18.2 Å². The molecule has 1 amide bonds. The fraction of sp³-hybridized carbons (Fsp3) is 0.333. The third kappa shape index (κ3) is 5.29. The van der Waals surface area contributed by atoms with Crippen LogP contribution in [0.15, 0.2) is 57.8 Å². The van der Waals surface area contributed by atoms with E-state index in [0.717, 1.165) is 35.5 Å². The number of oxazole rings is 1. The Balaban J connectivity index is 1.41. The van der Waals surface area contributed by atoms with Gasteiger partial charge in [0.25, 0.3) is 5.91 Å². The van der Waals surface area contributed by atoms with Gasteiger partial charge in [0, 0.05) is 29.2 Å². The summed E-state index contributed by atoms with van der Waals surface area (Å²) < 4.78 is 24.0. The number of nitrogens with zero attached hydrogens (tertiary/aromatic N) is 1. The first-order valence-electron chi connectivity index (χ1n) is 10.4. The molecule has 1 aliphatic rings. The SMILES string of the molecule is Cc1ccc(S(=O)Cc2nc(-c3ccc(C(=O)NCC4CCCO4)cc3)oc2C)cc1. The highest BCUT2D eigenvalue weighted by atomic mass is 32.2. The Hall–Kier alpha value is -2.77. The zero-order valence-electron chi connectivity index (χ0n) is 17.7. The van der Waals surface area contributed by atoms with Gasteiger partial charge in [0.1, 0.15) is 5.76 Å². The lowest BCUT2D eigenvalue weighted by atomic mass is 10.1. The van der Waals surface area contributed by atoms with Gasteiger partial charge < -0.3 is 14.5 Å². The summed E-state index contributed by atoms with van der Waals surface area (Å²) in [7, 11) is -1.20. The van der Waals surface area contributed by atoms with Gasteiger partial charge in [-0.3, -0.25) is 9.00 Å². The molecule has 3 aromatic rings. The zero-order chi connectivity index (χ0) is 21.8. The zero-order valence-corrected chi connectivity index (χ0v) is 18.5. The average Bonchev–Trinajstić information content (AvgIpc) is 3.42. The second-order valence-corrected chi connectivity index (χ2v) is 9.20. The summed E-state index contributed by atoms with van der Waals surface area (Å²) >= 11 is 0. The smallest absolute Gasteiger partial charge is 0.251 e. The first-order chi connectivity index (χ1) is 15.0. The Morgan fingerprint density at radius 1 is 1.13 bits per heavy atom. The molecule has 31 heavy (non-hydrogen) atoms. The molecule has 1 N–H and O–H groups in total. The molecule has 2 atom stereocenters. The Morgan fingerprint density at radius 3 is 2.55 bits per heavy atom. The van der Waals surface area contributed by atoms with Crippen LogP contribution in [0, 0.1) is 13.8 Å². The number of carbonyl (C=O) groups is 1. The van der Waals surface area contributed by atoms with Gasteiger partial charge in [-0.2, -0.15) is 0 Å². The van der Waals surface area contributed by atoms with Crippen LogP contribution in [-0.2, 0) is 21.3 Å². The Bertz CT molecular complexity index is 1070. The molecular formula is C24H26N2O4S. The van der Waals surface area contributed by atoms with E-state index in [2.05, 4.69) is 10.3 Å². The van der Waals surface area contributed by atoms with Crippen LogP contribution in [-0.4, -0.2) is 34.4 Å². The summed E-state index contributed by atoms with van der Waals surface area (Å²) in [6.45, 7) is 5.12. The summed E-state index contributed by atoms with van der Waals surface area (Å²) in [6.07, 6.45) is 2.15. The van der Waals surface area contributed by atoms with Crippen molar-refractivity contribution in [3.8, 4) is 11.5 Å². The van der Waals surface area contributed by atoms with Crippen LogP contribution in [0.4, 0.5) is 0 Å². The van der Waals surface area contributed by atoms with E-state index in [-0.39, 0.29) is 12.0 Å². The van der Waals surface area contributed by atoms with Crippen molar-refractivity contribution in [1.29, 1.82) is 0 Å². The van der Waals surface area contributed by atoms with Crippen molar-refractivity contribution in [3.63, 3.8) is 0 Å². The van der Waals surface area contributed by atoms with Crippen molar-refractivity contribution in [2.45, 2.75) is 43.4 Å². The van der Waals surface area contributed by atoms with Gasteiger partial charge in [-0.15, -0.1) is 0 Å². The number of benzene rings is 2. The molecular weight excluding hydrogens is 412 g/mol. The monoisotopic (exact) mass is 438 g/mol. The van der Waals surface area contributed by atoms with E-state index >= 15 is 0 Å². The number of amides is 1. The lowest BCUT2D eigenvalue weighted by Gasteiger charge is -2.10. The first-order valence-corrected chi connectivity index (χ1v) is 11.7. The van der Waals surface area contributed by atoms with Gasteiger partial charge in [-0.1, -0.05) is 17.7 Å². The second kappa shape index (κ2) is 9.58. The molecule has 4 rings (SSSR count). The van der Waals surface area contributed by atoms with Crippen LogP contribution in [0.5, 0.6) is 0 Å². The molecule has 0 saturated carbocycles. The highest BCUT2D eigenvalue weighted by Crippen LogP contribution is 2.24. The van der Waals surface area contributed by atoms with E-state index in [1.807, 2.05) is 50.2 Å². The van der Waals surface area contributed by atoms with Crippen LogP contribution < -0.4 is 5.32 Å². The Labute approximate surface area is 184 Å². The fourth-order valence-corrected chi connectivity index (χ4v) is 4.58. The molecule has 0 bridgehead atoms. The van der Waals surface area contributed by atoms with Gasteiger partial charge in [-0.25, -0.2) is 4.98 Å². The average molecular weight is 439 g/mol. The van der Waals surface area contributed by atoms with Crippen LogP contribution >= 0.6 is 0 Å². The number of hydrogen-bond acceptors (Lipinski definition) is 5. The molecule has 1 aromatic heterocycles. The molecule has 7 heteroatoms. The maximum atomic E-state index is 12.7. The summed E-state index contributed by atoms with van der Waals surface area (Å²) in [4.78, 5) is 17.7. The number of hydrogen-bond donors (Lipinski definition) is 1. The number of ether oxygens (including phenoxy) is 1. The predicted octanol–water partition coefficient (Wildman–Crippen LogP) is 4.18. The quantitative estimate of drug-likeness (QED) is 0.599. The first kappa shape index (κ1) is 21.5. The van der Waals surface area contributed by atoms with Gasteiger partial charge in [-0.05, 0) is 63.1 Å². The minimum Gasteiger partial charge on any atom is -0.441 e. The predicted molar refractivity (Wildman–Crippen MR) is 119 cm³/mol. The molecule has 6 nitrogen and oxygen atoms in total. The number of aryl methyl sites for hydroxylation is 2. The van der Waals surface area contributed by atoms with Crippen LogP contribution in [0.1, 0.15) is 40.2 Å². The number of rotatable bonds is 7. The molecule has 1 fully saturated rings. The van der Waals surface area contributed by atoms with Crippen molar-refractivity contribution in [3.05, 3.63) is 71.1 Å². The third-order valence-corrected chi connectivity index (χ3v) is 6.69. The van der Waals surface area contributed by atoms with Crippen LogP contribution in [0.3, 0.4) is 0 Å². The lowest BCUT2D eigenvalue weighted by molar-refractivity contribution is 0.0858. The van der Waals surface area contributed by atoms with E-state index < -0.39 is 10.8 Å². The number of aromatic nitrogens is 1. The summed E-state index contributed by atoms with van der Waals surface area (Å²) in [5.74, 6) is 1.27. The molecule has 1 aliphatic heterocycles. The summed E-state index contributed by atoms with van der Waals surface area (Å²) in [6, 6.07) is 14.8. The molecule has 0 spiro atoms. The van der Waals surface area contributed by atoms with Crippen LogP contribution in [0.2, 0.25) is 0 Å². The second-order valence-electron chi connectivity index (χ2n) is 7.75. The maximum absolute atomic E-state index is 12.7. The van der Waals surface area contributed by atoms with Crippen molar-refractivity contribution in [2.75, 3.05) is 13.2 Å². The molecule has 0 radical (unpaired) electrons. The van der Waals surface area contributed by atoms with Crippen molar-refractivity contribution in [1.82, 2.24) is 10.3 Å². The largest absolute Gasteiger partial charge is 0.441 e. The van der Waals surface area contributed by atoms with Gasteiger partial charge in [0.15, 0.2) is 0 Å². The van der Waals surface area contributed by atoms with E-state index in [1.165, 1.54) is 0 Å². The molecule has 0 aliphatic carbocycles. The van der Waals surface area contributed by atoms with E-state index in [4.69, 9.17) is 9.15 Å². The molecule has 1 saturated heterocycles. The topological polar surface area (TPSA) is 81.4 Å². The molecule has 162 valence electrons. The van der Waals surface area contributed by atoms with E-state index in [1.54, 1.807) is 12.1 Å². The minimum absolute atomic E-state index is 0.113. The third-order valence-electron chi connectivity index (χ3n) is 5.35.